The van der Waals surface area contributed by atoms with E-state index in [1.54, 1.807) is 31.3 Å². The van der Waals surface area contributed by atoms with Crippen molar-refractivity contribution in [2.75, 3.05) is 20.3 Å². The first-order valence-corrected chi connectivity index (χ1v) is 13.6. The van der Waals surface area contributed by atoms with Gasteiger partial charge in [0.15, 0.2) is 17.7 Å². The second-order valence-corrected chi connectivity index (χ2v) is 9.91. The van der Waals surface area contributed by atoms with Gasteiger partial charge in [0.25, 0.3) is 0 Å². The van der Waals surface area contributed by atoms with Gasteiger partial charge in [-0.2, -0.15) is 5.10 Å². The molecule has 1 aliphatic heterocycles. The number of nitrogens with zero attached hydrogens (tertiary/aromatic N) is 2. The molecule has 0 saturated heterocycles. The maximum Gasteiger partial charge on any atom is 0.337 e. The summed E-state index contributed by atoms with van der Waals surface area (Å²) in [5, 5.41) is 20.0. The molecule has 4 N–H and O–H groups in total. The van der Waals surface area contributed by atoms with Crippen LogP contribution in [-0.4, -0.2) is 54.4 Å². The highest BCUT2D eigenvalue weighted by Gasteiger charge is 2.32. The number of allylic oxidation sites excluding steroid dienone is 1. The number of methoxy groups -OCH3 is 1. The van der Waals surface area contributed by atoms with Crippen molar-refractivity contribution in [2.24, 2.45) is 5.10 Å². The van der Waals surface area contributed by atoms with Gasteiger partial charge in [-0.1, -0.05) is 23.8 Å². The average Bonchev–Trinajstić information content (AvgIpc) is 3.24. The van der Waals surface area contributed by atoms with Gasteiger partial charge < -0.3 is 34.5 Å². The van der Waals surface area contributed by atoms with Gasteiger partial charge in [-0.05, 0) is 70.5 Å². The molecule has 2 aromatic carbocycles. The number of benzene rings is 2. The highest BCUT2D eigenvalue weighted by atomic mass is 16.5. The van der Waals surface area contributed by atoms with Gasteiger partial charge in [0.05, 0.1) is 31.5 Å². The number of esters is 1. The fraction of sp³-hybridized carbons (Fsp3) is 0.323. The van der Waals surface area contributed by atoms with Gasteiger partial charge in [0, 0.05) is 28.3 Å². The summed E-state index contributed by atoms with van der Waals surface area (Å²) in [6.07, 6.45) is 0.564. The van der Waals surface area contributed by atoms with Gasteiger partial charge in [-0.15, -0.1) is 0 Å². The Hall–Kier alpha value is -4.77. The molecule has 11 nitrogen and oxygen atoms in total. The lowest BCUT2D eigenvalue weighted by molar-refractivity contribution is -0.136. The standard InChI is InChI=1S/C31H37N5O6/c1-7-41-26-15-22(29-28(30(38)40-6)20(4)33-31(39)34-29)10-13-25(26)42-17-27(37)35-32-16-23-14-19(3)36(21(23)5)24-11-8-18(2)9-12-24/h8-16,27,29,35,37H,7,17H2,1-6H3,(H2,33,34,39)/b32-16+/t27-,29-/m1/s1. The molecule has 1 aliphatic rings. The number of aromatic nitrogens is 1. The smallest absolute Gasteiger partial charge is 0.337 e. The van der Waals surface area contributed by atoms with Crippen molar-refractivity contribution in [1.82, 2.24) is 20.6 Å². The molecule has 3 aromatic rings. The van der Waals surface area contributed by atoms with Crippen LogP contribution in [0, 0.1) is 20.8 Å². The molecule has 0 radical (unpaired) electrons. The van der Waals surface area contributed by atoms with Crippen LogP contribution in [0.15, 0.2) is 64.9 Å². The van der Waals surface area contributed by atoms with Crippen molar-refractivity contribution in [3.8, 4) is 17.2 Å². The predicted octanol–water partition coefficient (Wildman–Crippen LogP) is 3.92. The molecule has 0 spiro atoms. The number of hydrazone groups is 1. The summed E-state index contributed by atoms with van der Waals surface area (Å²) in [6, 6.07) is 14.2. The Kier molecular flexibility index (Phi) is 9.53. The highest BCUT2D eigenvalue weighted by Crippen LogP contribution is 2.35. The molecule has 0 unspecified atom stereocenters. The SMILES string of the molecule is CCOc1cc([C@H]2NC(=O)NC(C)=C2C(=O)OC)ccc1OC[C@@H](O)N/N=C/c1cc(C)n(-c2ccc(C)cc2)c1C. The summed E-state index contributed by atoms with van der Waals surface area (Å²) in [4.78, 5) is 24.6. The summed E-state index contributed by atoms with van der Waals surface area (Å²) >= 11 is 0. The number of carbonyl (C=O) groups is 2. The van der Waals surface area contributed by atoms with Gasteiger partial charge >= 0.3 is 12.0 Å². The van der Waals surface area contributed by atoms with Crippen LogP contribution in [0.3, 0.4) is 0 Å². The minimum absolute atomic E-state index is 0.115. The van der Waals surface area contributed by atoms with Crippen molar-refractivity contribution < 1.29 is 28.9 Å². The van der Waals surface area contributed by atoms with Crippen molar-refractivity contribution >= 4 is 18.2 Å². The molecular weight excluding hydrogens is 538 g/mol. The number of aliphatic hydroxyl groups excluding tert-OH is 1. The molecule has 222 valence electrons. The van der Waals surface area contributed by atoms with E-state index in [2.05, 4.69) is 56.9 Å². The van der Waals surface area contributed by atoms with E-state index in [1.807, 2.05) is 26.8 Å². The van der Waals surface area contributed by atoms with Crippen LogP contribution in [0.5, 0.6) is 11.5 Å². The van der Waals surface area contributed by atoms with Gasteiger partial charge in [-0.3, -0.25) is 5.43 Å². The third kappa shape index (κ3) is 6.74. The largest absolute Gasteiger partial charge is 0.490 e. The first-order chi connectivity index (χ1) is 20.1. The number of hydrogen-bond acceptors (Lipinski definition) is 8. The van der Waals surface area contributed by atoms with E-state index in [9.17, 15) is 14.7 Å². The number of aryl methyl sites for hydroxylation is 2. The number of urea groups is 1. The molecular formula is C31H37N5O6. The maximum atomic E-state index is 12.4. The molecule has 2 amide bonds. The van der Waals surface area contributed by atoms with E-state index in [4.69, 9.17) is 14.2 Å². The van der Waals surface area contributed by atoms with E-state index in [0.717, 1.165) is 22.6 Å². The van der Waals surface area contributed by atoms with E-state index in [-0.39, 0.29) is 12.2 Å². The minimum atomic E-state index is -1.10. The second-order valence-electron chi connectivity index (χ2n) is 9.91. The number of ether oxygens (including phenoxy) is 3. The fourth-order valence-electron chi connectivity index (χ4n) is 4.82. The zero-order valence-corrected chi connectivity index (χ0v) is 24.6. The van der Waals surface area contributed by atoms with Crippen LogP contribution in [0.4, 0.5) is 4.79 Å². The zero-order chi connectivity index (χ0) is 30.4. The van der Waals surface area contributed by atoms with Gasteiger partial charge in [0.1, 0.15) is 6.61 Å². The van der Waals surface area contributed by atoms with Crippen molar-refractivity contribution in [1.29, 1.82) is 0 Å². The quantitative estimate of drug-likeness (QED) is 0.118. The third-order valence-corrected chi connectivity index (χ3v) is 6.86. The van der Waals surface area contributed by atoms with E-state index in [1.165, 1.54) is 12.7 Å². The third-order valence-electron chi connectivity index (χ3n) is 6.86. The summed E-state index contributed by atoms with van der Waals surface area (Å²) in [6.45, 7) is 9.81. The molecule has 0 fully saturated rings. The molecule has 0 saturated carbocycles. The Balaban J connectivity index is 1.43. The van der Waals surface area contributed by atoms with Gasteiger partial charge in [0.2, 0.25) is 0 Å². The lowest BCUT2D eigenvalue weighted by Crippen LogP contribution is -2.45. The summed E-state index contributed by atoms with van der Waals surface area (Å²) in [7, 11) is 1.28. The first-order valence-electron chi connectivity index (χ1n) is 13.6. The molecule has 0 bridgehead atoms. The predicted molar refractivity (Wildman–Crippen MR) is 159 cm³/mol. The van der Waals surface area contributed by atoms with E-state index < -0.39 is 24.3 Å². The van der Waals surface area contributed by atoms with Crippen molar-refractivity contribution in [3.05, 3.63) is 87.9 Å². The van der Waals surface area contributed by atoms with Crippen LogP contribution in [-0.2, 0) is 9.53 Å². The fourth-order valence-corrected chi connectivity index (χ4v) is 4.82. The normalized spacial score (nSPS) is 15.7. The molecule has 11 heteroatoms. The van der Waals surface area contributed by atoms with Crippen LogP contribution < -0.4 is 25.5 Å². The van der Waals surface area contributed by atoms with Gasteiger partial charge in [-0.25, -0.2) is 9.59 Å². The number of nitrogens with one attached hydrogen (secondary N) is 3. The average molecular weight is 576 g/mol. The Labute approximate surface area is 245 Å². The van der Waals surface area contributed by atoms with E-state index >= 15 is 0 Å². The molecule has 42 heavy (non-hydrogen) atoms. The summed E-state index contributed by atoms with van der Waals surface area (Å²) < 4.78 is 18.7. The van der Waals surface area contributed by atoms with E-state index in [0.29, 0.717) is 29.4 Å². The maximum absolute atomic E-state index is 12.4. The van der Waals surface area contributed by atoms with Crippen LogP contribution >= 0.6 is 0 Å². The summed E-state index contributed by atoms with van der Waals surface area (Å²) in [5.74, 6) is 0.214. The van der Waals surface area contributed by atoms with Crippen LogP contribution in [0.25, 0.3) is 5.69 Å². The van der Waals surface area contributed by atoms with Crippen LogP contribution in [0.2, 0.25) is 0 Å². The zero-order valence-electron chi connectivity index (χ0n) is 24.6. The molecule has 4 rings (SSSR count). The number of carbonyl (C=O) groups excluding carboxylic acids is 2. The van der Waals surface area contributed by atoms with Crippen molar-refractivity contribution in [3.63, 3.8) is 0 Å². The Morgan fingerprint density at radius 3 is 2.52 bits per heavy atom. The minimum Gasteiger partial charge on any atom is -0.490 e. The van der Waals surface area contributed by atoms with Crippen molar-refractivity contribution in [2.45, 2.75) is 46.9 Å². The number of hydrogen-bond donors (Lipinski definition) is 4. The number of rotatable bonds is 11. The Morgan fingerprint density at radius 2 is 1.83 bits per heavy atom. The second kappa shape index (κ2) is 13.3. The lowest BCUT2D eigenvalue weighted by Gasteiger charge is -2.28. The first kappa shape index (κ1) is 30.2. The molecule has 0 aliphatic carbocycles. The highest BCUT2D eigenvalue weighted by molar-refractivity contribution is 5.95. The molecule has 2 heterocycles. The number of aliphatic hydroxyl groups is 1. The Bertz CT molecular complexity index is 1510. The monoisotopic (exact) mass is 575 g/mol. The lowest BCUT2D eigenvalue weighted by atomic mass is 9.95. The summed E-state index contributed by atoms with van der Waals surface area (Å²) in [5.41, 5.74) is 9.27. The molecule has 2 atom stereocenters. The number of amides is 2. The topological polar surface area (TPSA) is 135 Å². The Morgan fingerprint density at radius 1 is 1.10 bits per heavy atom. The molecule has 1 aromatic heterocycles. The van der Waals surface area contributed by atoms with Crippen LogP contribution in [0.1, 0.15) is 48.0 Å².